The predicted molar refractivity (Wildman–Crippen MR) is 194 cm³/mol. The van der Waals surface area contributed by atoms with Crippen molar-refractivity contribution >= 4 is 56.0 Å². The van der Waals surface area contributed by atoms with Gasteiger partial charge in [-0.25, -0.2) is 9.78 Å². The van der Waals surface area contributed by atoms with Gasteiger partial charge in [0.05, 0.1) is 29.9 Å². The highest BCUT2D eigenvalue weighted by Crippen LogP contribution is 2.47. The number of aromatic nitrogens is 2. The number of carbonyl (C=O) groups excluding carboxylic acids is 2. The lowest BCUT2D eigenvalue weighted by Gasteiger charge is -2.38. The minimum atomic E-state index is -0.632. The minimum absolute atomic E-state index is 0.0246. The number of hydrogen-bond donors (Lipinski definition) is 2. The fourth-order valence-corrected chi connectivity index (χ4v) is 9.39. The smallest absolute Gasteiger partial charge is 0.407 e. The van der Waals surface area contributed by atoms with Crippen LogP contribution in [0.15, 0.2) is 65.7 Å². The first-order valence-electron chi connectivity index (χ1n) is 18.1. The monoisotopic (exact) mass is 653 g/mol. The summed E-state index contributed by atoms with van der Waals surface area (Å²) in [5.41, 5.74) is 7.89. The number of H-pyrrole nitrogens is 1. The molecule has 4 aromatic carbocycles. The molecule has 5 aromatic rings. The van der Waals surface area contributed by atoms with Gasteiger partial charge in [0.1, 0.15) is 11.9 Å². The number of nitrogens with zero attached hydrogens (tertiary/aromatic N) is 3. The van der Waals surface area contributed by atoms with Crippen molar-refractivity contribution in [3.63, 3.8) is 0 Å². The number of aromatic amines is 1. The van der Waals surface area contributed by atoms with Gasteiger partial charge in [-0.15, -0.1) is 0 Å². The van der Waals surface area contributed by atoms with Gasteiger partial charge in [-0.2, -0.15) is 0 Å². The van der Waals surface area contributed by atoms with Gasteiger partial charge in [-0.1, -0.05) is 63.1 Å². The van der Waals surface area contributed by atoms with Gasteiger partial charge in [0.2, 0.25) is 5.91 Å². The Hall–Kier alpha value is -4.72. The number of alkyl carbamates (subject to hydrolysis) is 1. The van der Waals surface area contributed by atoms with E-state index < -0.39 is 12.1 Å². The van der Waals surface area contributed by atoms with Gasteiger partial charge >= 0.3 is 6.09 Å². The molecular formula is C41H43N5O3. The van der Waals surface area contributed by atoms with Crippen LogP contribution in [0.3, 0.4) is 0 Å². The first-order chi connectivity index (χ1) is 23.9. The topological polar surface area (TPSA) is 99.7 Å². The summed E-state index contributed by atoms with van der Waals surface area (Å²) in [6, 6.07) is 21.7. The summed E-state index contributed by atoms with van der Waals surface area (Å²) >= 11 is 0. The zero-order chi connectivity index (χ0) is 33.4. The van der Waals surface area contributed by atoms with Crippen LogP contribution in [0.2, 0.25) is 0 Å². The van der Waals surface area contributed by atoms with E-state index in [1.54, 1.807) is 0 Å². The molecule has 250 valence electrons. The number of amides is 2. The molecule has 3 heterocycles. The van der Waals surface area contributed by atoms with Crippen molar-refractivity contribution in [1.82, 2.24) is 20.2 Å². The van der Waals surface area contributed by atoms with Gasteiger partial charge < -0.3 is 19.9 Å². The summed E-state index contributed by atoms with van der Waals surface area (Å²) in [6.45, 7) is 3.93. The number of likely N-dealkylation sites (tertiary alicyclic amines) is 1. The number of ether oxygens (including phenoxy) is 1. The fourth-order valence-electron chi connectivity index (χ4n) is 9.39. The Morgan fingerprint density at radius 1 is 0.918 bits per heavy atom. The Kier molecular flexibility index (Phi) is 7.25. The van der Waals surface area contributed by atoms with Crippen LogP contribution < -0.4 is 5.32 Å². The number of piperidine rings is 1. The quantitative estimate of drug-likeness (QED) is 0.192. The molecule has 49 heavy (non-hydrogen) atoms. The van der Waals surface area contributed by atoms with Crippen molar-refractivity contribution in [2.45, 2.75) is 89.3 Å². The van der Waals surface area contributed by atoms with E-state index in [9.17, 15) is 9.59 Å². The largest absolute Gasteiger partial charge is 0.453 e. The van der Waals surface area contributed by atoms with Crippen molar-refractivity contribution in [1.29, 1.82) is 0 Å². The molecule has 3 fully saturated rings. The van der Waals surface area contributed by atoms with Crippen LogP contribution in [0.5, 0.6) is 0 Å². The number of rotatable bonds is 6. The van der Waals surface area contributed by atoms with Gasteiger partial charge in [-0.05, 0) is 101 Å². The summed E-state index contributed by atoms with van der Waals surface area (Å²) in [5.74, 6) is 2.02. The van der Waals surface area contributed by atoms with E-state index in [2.05, 4.69) is 75.9 Å². The first-order valence-corrected chi connectivity index (χ1v) is 18.1. The third-order valence-electron chi connectivity index (χ3n) is 11.9. The van der Waals surface area contributed by atoms with Gasteiger partial charge in [0, 0.05) is 29.5 Å². The lowest BCUT2D eigenvalue weighted by molar-refractivity contribution is -0.137. The number of nitrogens with one attached hydrogen (secondary N) is 2. The Bertz CT molecular complexity index is 2180. The molecule has 0 radical (unpaired) electrons. The van der Waals surface area contributed by atoms with Crippen molar-refractivity contribution in [2.24, 2.45) is 16.8 Å². The Labute approximate surface area is 286 Å². The van der Waals surface area contributed by atoms with E-state index in [1.807, 2.05) is 13.8 Å². The van der Waals surface area contributed by atoms with Crippen LogP contribution in [0.25, 0.3) is 43.7 Å². The fraction of sp³-hybridized carbons (Fsp3) is 0.415. The molecule has 1 saturated heterocycles. The number of methoxy groups -OCH3 is 1. The number of hydrogen-bond acceptors (Lipinski definition) is 5. The predicted octanol–water partition coefficient (Wildman–Crippen LogP) is 8.58. The Morgan fingerprint density at radius 2 is 1.65 bits per heavy atom. The van der Waals surface area contributed by atoms with Gasteiger partial charge in [-0.3, -0.25) is 9.79 Å². The van der Waals surface area contributed by atoms with Crippen molar-refractivity contribution in [2.75, 3.05) is 7.11 Å². The molecule has 8 nitrogen and oxygen atoms in total. The number of fused-ring (bicyclic) bond motifs is 8. The summed E-state index contributed by atoms with van der Waals surface area (Å²) < 4.78 is 4.85. The highest BCUT2D eigenvalue weighted by molar-refractivity contribution is 6.08. The normalized spacial score (nSPS) is 22.4. The maximum absolute atomic E-state index is 14.1. The van der Waals surface area contributed by atoms with Crippen LogP contribution in [0.4, 0.5) is 10.5 Å². The van der Waals surface area contributed by atoms with Crippen LogP contribution in [0.1, 0.15) is 76.1 Å². The number of imidazole rings is 1. The molecule has 0 unspecified atom stereocenters. The van der Waals surface area contributed by atoms with E-state index in [0.29, 0.717) is 11.8 Å². The average molecular weight is 654 g/mol. The molecule has 2 bridgehead atoms. The molecule has 2 N–H and O–H groups in total. The van der Waals surface area contributed by atoms with Crippen LogP contribution in [0, 0.1) is 11.8 Å². The molecule has 4 aliphatic rings. The maximum Gasteiger partial charge on any atom is 0.407 e. The van der Waals surface area contributed by atoms with Crippen molar-refractivity contribution in [3.05, 3.63) is 72.1 Å². The second kappa shape index (κ2) is 11.7. The molecule has 0 spiro atoms. The standard InChI is InChI=1S/C41H43N5O3/c1-22(2)36(45-41(48)49-3)40(47)46-29-13-8-28(20-29)38(46)35-21-32-30-14-9-24(18-26(30)11-16-33(32)42-35)25-10-15-31-27(19-25)12-17-34-37(31)44-39(43-34)23-6-4-5-7-23/h9-12,14-19,22-23,28-29,36,38H,4-8,13,20-21H2,1-3H3,(H,43,44)(H,45,48)/t28-,29+,36+,38+/m1/s1. The third-order valence-corrected chi connectivity index (χ3v) is 11.9. The van der Waals surface area contributed by atoms with Gasteiger partial charge in [0.15, 0.2) is 0 Å². The number of aliphatic imine (C=N–C) groups is 1. The highest BCUT2D eigenvalue weighted by Gasteiger charge is 2.52. The second-order valence-corrected chi connectivity index (χ2v) is 15.1. The molecule has 9 rings (SSSR count). The number of carbonyl (C=O) groups is 2. The van der Waals surface area contributed by atoms with Crippen LogP contribution in [-0.2, 0) is 16.0 Å². The van der Waals surface area contributed by atoms with E-state index in [4.69, 9.17) is 14.7 Å². The van der Waals surface area contributed by atoms with Crippen LogP contribution in [-0.4, -0.2) is 57.8 Å². The molecule has 2 saturated carbocycles. The summed E-state index contributed by atoms with van der Waals surface area (Å²) in [5, 5.41) is 7.61. The second-order valence-electron chi connectivity index (χ2n) is 15.1. The van der Waals surface area contributed by atoms with Gasteiger partial charge in [0.25, 0.3) is 0 Å². The molecule has 1 aromatic heterocycles. The van der Waals surface area contributed by atoms with Crippen LogP contribution >= 0.6 is 0 Å². The van der Waals surface area contributed by atoms with E-state index in [-0.39, 0.29) is 23.9 Å². The SMILES string of the molecule is COC(=O)N[C@H](C(=O)N1[C@H]2CC[C@H](C2)[C@H]1C1=Nc2ccc3cc(-c4ccc5c(ccc6[nH]c(C7CCCC7)nc65)c4)ccc3c2C1)C(C)C. The zero-order valence-corrected chi connectivity index (χ0v) is 28.5. The third kappa shape index (κ3) is 5.01. The molecule has 4 atom stereocenters. The molecule has 8 heteroatoms. The summed E-state index contributed by atoms with van der Waals surface area (Å²) in [7, 11) is 1.33. The van der Waals surface area contributed by atoms with Crippen molar-refractivity contribution in [3.8, 4) is 11.1 Å². The highest BCUT2D eigenvalue weighted by atomic mass is 16.5. The Morgan fingerprint density at radius 3 is 2.41 bits per heavy atom. The average Bonchev–Trinajstić information content (AvgIpc) is 3.96. The number of benzene rings is 4. The lowest BCUT2D eigenvalue weighted by atomic mass is 9.89. The Balaban J connectivity index is 0.993. The molecular weight excluding hydrogens is 610 g/mol. The molecule has 2 aliphatic heterocycles. The zero-order valence-electron chi connectivity index (χ0n) is 28.5. The summed E-state index contributed by atoms with van der Waals surface area (Å²) in [4.78, 5) is 42.1. The summed E-state index contributed by atoms with van der Waals surface area (Å²) in [6.07, 6.45) is 8.33. The molecule has 2 amide bonds. The van der Waals surface area contributed by atoms with E-state index >= 15 is 0 Å². The van der Waals surface area contributed by atoms with E-state index in [1.165, 1.54) is 71.0 Å². The maximum atomic E-state index is 14.1. The molecule has 2 aliphatic carbocycles. The first kappa shape index (κ1) is 30.3. The van der Waals surface area contributed by atoms with Crippen molar-refractivity contribution < 1.29 is 14.3 Å². The lowest BCUT2D eigenvalue weighted by Crippen LogP contribution is -2.57. The minimum Gasteiger partial charge on any atom is -0.453 e. The van der Waals surface area contributed by atoms with E-state index in [0.717, 1.165) is 53.9 Å².